The van der Waals surface area contributed by atoms with E-state index in [2.05, 4.69) is 0 Å². The lowest BCUT2D eigenvalue weighted by Gasteiger charge is -2.29. The van der Waals surface area contributed by atoms with Crippen molar-refractivity contribution >= 4 is 10.0 Å². The smallest absolute Gasteiger partial charge is 0.216 e. The van der Waals surface area contributed by atoms with Gasteiger partial charge in [-0.1, -0.05) is 6.42 Å². The standard InChI is InChI=1S/C12H24N2O3S/c1-2-17-6-7-18(15,16)14-8-10-4-3-5-12(13)11(10)9-14/h10-12H,2-9,13H2,1H3. The molecule has 1 saturated heterocycles. The number of hydrogen-bond donors (Lipinski definition) is 1. The van der Waals surface area contributed by atoms with E-state index in [9.17, 15) is 8.42 Å². The van der Waals surface area contributed by atoms with E-state index in [1.165, 1.54) is 0 Å². The van der Waals surface area contributed by atoms with Crippen molar-refractivity contribution in [3.05, 3.63) is 0 Å². The number of fused-ring (bicyclic) bond motifs is 1. The van der Waals surface area contributed by atoms with Crippen LogP contribution in [0.4, 0.5) is 0 Å². The molecule has 18 heavy (non-hydrogen) atoms. The summed E-state index contributed by atoms with van der Waals surface area (Å²) in [7, 11) is -3.16. The number of ether oxygens (including phenoxy) is 1. The van der Waals surface area contributed by atoms with Crippen LogP contribution in [0.25, 0.3) is 0 Å². The third-order valence-corrected chi connectivity index (χ3v) is 5.97. The van der Waals surface area contributed by atoms with Gasteiger partial charge in [-0.15, -0.1) is 0 Å². The Morgan fingerprint density at radius 1 is 1.33 bits per heavy atom. The topological polar surface area (TPSA) is 72.6 Å². The third kappa shape index (κ3) is 3.04. The lowest BCUT2D eigenvalue weighted by atomic mass is 9.78. The van der Waals surface area contributed by atoms with Gasteiger partial charge >= 0.3 is 0 Å². The molecule has 2 aliphatic rings. The summed E-state index contributed by atoms with van der Waals surface area (Å²) in [4.78, 5) is 0. The summed E-state index contributed by atoms with van der Waals surface area (Å²) >= 11 is 0. The average molecular weight is 276 g/mol. The van der Waals surface area contributed by atoms with Crippen LogP contribution in [0.2, 0.25) is 0 Å². The van der Waals surface area contributed by atoms with Gasteiger partial charge in [0.15, 0.2) is 0 Å². The molecule has 2 fully saturated rings. The molecule has 0 amide bonds. The van der Waals surface area contributed by atoms with Gasteiger partial charge in [0, 0.05) is 25.7 Å². The van der Waals surface area contributed by atoms with Crippen molar-refractivity contribution in [2.45, 2.75) is 32.2 Å². The van der Waals surface area contributed by atoms with Crippen LogP contribution < -0.4 is 5.73 Å². The van der Waals surface area contributed by atoms with Crippen molar-refractivity contribution in [3.63, 3.8) is 0 Å². The molecule has 2 rings (SSSR count). The van der Waals surface area contributed by atoms with Gasteiger partial charge in [-0.25, -0.2) is 12.7 Å². The fourth-order valence-electron chi connectivity index (χ4n) is 3.14. The molecule has 1 heterocycles. The van der Waals surface area contributed by atoms with Gasteiger partial charge in [0.05, 0.1) is 12.4 Å². The normalized spacial score (nSPS) is 33.6. The second-order valence-corrected chi connectivity index (χ2v) is 7.44. The van der Waals surface area contributed by atoms with Crippen LogP contribution in [-0.4, -0.2) is 50.8 Å². The van der Waals surface area contributed by atoms with Crippen molar-refractivity contribution in [1.29, 1.82) is 0 Å². The minimum Gasteiger partial charge on any atom is -0.381 e. The van der Waals surface area contributed by atoms with E-state index in [0.29, 0.717) is 31.5 Å². The zero-order chi connectivity index (χ0) is 13.2. The SMILES string of the molecule is CCOCCS(=O)(=O)N1CC2CCCC(N)C2C1. The molecule has 0 bridgehead atoms. The highest BCUT2D eigenvalue weighted by Gasteiger charge is 2.42. The van der Waals surface area contributed by atoms with Crippen molar-refractivity contribution in [2.75, 3.05) is 32.1 Å². The molecule has 0 spiro atoms. The summed E-state index contributed by atoms with van der Waals surface area (Å²) < 4.78 is 31.1. The highest BCUT2D eigenvalue weighted by atomic mass is 32.2. The first-order valence-corrected chi connectivity index (χ1v) is 8.46. The van der Waals surface area contributed by atoms with Crippen molar-refractivity contribution in [3.8, 4) is 0 Å². The molecule has 3 unspecified atom stereocenters. The molecular weight excluding hydrogens is 252 g/mol. The van der Waals surface area contributed by atoms with Crippen LogP contribution in [0.5, 0.6) is 0 Å². The minimum absolute atomic E-state index is 0.0928. The van der Waals surface area contributed by atoms with E-state index < -0.39 is 10.0 Å². The summed E-state index contributed by atoms with van der Waals surface area (Å²) in [6, 6.07) is 0.177. The second kappa shape index (κ2) is 5.86. The predicted molar refractivity (Wildman–Crippen MR) is 70.7 cm³/mol. The fourth-order valence-corrected chi connectivity index (χ4v) is 4.55. The van der Waals surface area contributed by atoms with Crippen LogP contribution in [-0.2, 0) is 14.8 Å². The lowest BCUT2D eigenvalue weighted by Crippen LogP contribution is -2.38. The Bertz CT molecular complexity index is 372. The Morgan fingerprint density at radius 2 is 2.11 bits per heavy atom. The maximum Gasteiger partial charge on any atom is 0.216 e. The van der Waals surface area contributed by atoms with E-state index in [0.717, 1.165) is 19.3 Å². The zero-order valence-electron chi connectivity index (χ0n) is 11.0. The van der Waals surface area contributed by atoms with Gasteiger partial charge in [-0.2, -0.15) is 0 Å². The molecular formula is C12H24N2O3S. The average Bonchev–Trinajstić information content (AvgIpc) is 2.75. The van der Waals surface area contributed by atoms with E-state index in [4.69, 9.17) is 10.5 Å². The maximum absolute atomic E-state index is 12.2. The third-order valence-electron chi connectivity index (χ3n) is 4.20. The van der Waals surface area contributed by atoms with E-state index >= 15 is 0 Å². The molecule has 2 N–H and O–H groups in total. The van der Waals surface area contributed by atoms with Crippen LogP contribution >= 0.6 is 0 Å². The van der Waals surface area contributed by atoms with Gasteiger partial charge in [0.1, 0.15) is 0 Å². The Hall–Kier alpha value is -0.170. The Labute approximate surface area is 110 Å². The fraction of sp³-hybridized carbons (Fsp3) is 1.00. The first kappa shape index (κ1) is 14.2. The molecule has 1 saturated carbocycles. The maximum atomic E-state index is 12.2. The van der Waals surface area contributed by atoms with Crippen LogP contribution in [0.15, 0.2) is 0 Å². The predicted octanol–water partition coefficient (Wildman–Crippen LogP) is 0.412. The molecule has 0 aromatic rings. The molecule has 0 radical (unpaired) electrons. The Morgan fingerprint density at radius 3 is 2.78 bits per heavy atom. The molecule has 6 heteroatoms. The van der Waals surface area contributed by atoms with Crippen LogP contribution in [0.3, 0.4) is 0 Å². The molecule has 1 aliphatic carbocycles. The Kier molecular flexibility index (Phi) is 4.64. The van der Waals surface area contributed by atoms with Crippen LogP contribution in [0.1, 0.15) is 26.2 Å². The quantitative estimate of drug-likeness (QED) is 0.738. The molecule has 0 aromatic carbocycles. The summed E-state index contributed by atoms with van der Waals surface area (Å²) in [5, 5.41) is 0. The van der Waals surface area contributed by atoms with Crippen molar-refractivity contribution < 1.29 is 13.2 Å². The largest absolute Gasteiger partial charge is 0.381 e. The monoisotopic (exact) mass is 276 g/mol. The number of nitrogens with zero attached hydrogens (tertiary/aromatic N) is 1. The van der Waals surface area contributed by atoms with E-state index in [1.54, 1.807) is 4.31 Å². The summed E-state index contributed by atoms with van der Waals surface area (Å²) in [6.07, 6.45) is 3.29. The Balaban J connectivity index is 1.94. The molecule has 0 aromatic heterocycles. The number of rotatable bonds is 5. The van der Waals surface area contributed by atoms with Crippen molar-refractivity contribution in [2.24, 2.45) is 17.6 Å². The van der Waals surface area contributed by atoms with Gasteiger partial charge in [0.2, 0.25) is 10.0 Å². The highest BCUT2D eigenvalue weighted by molar-refractivity contribution is 7.89. The molecule has 106 valence electrons. The van der Waals surface area contributed by atoms with Crippen LogP contribution in [0, 0.1) is 11.8 Å². The van der Waals surface area contributed by atoms with Crippen molar-refractivity contribution in [1.82, 2.24) is 4.31 Å². The first-order chi connectivity index (χ1) is 8.54. The minimum atomic E-state index is -3.16. The lowest BCUT2D eigenvalue weighted by molar-refractivity contribution is 0.162. The second-order valence-electron chi connectivity index (χ2n) is 5.35. The summed E-state index contributed by atoms with van der Waals surface area (Å²) in [6.45, 7) is 3.99. The summed E-state index contributed by atoms with van der Waals surface area (Å²) in [5.41, 5.74) is 6.10. The molecule has 1 aliphatic heterocycles. The van der Waals surface area contributed by atoms with Gasteiger partial charge < -0.3 is 10.5 Å². The zero-order valence-corrected chi connectivity index (χ0v) is 11.9. The van der Waals surface area contributed by atoms with E-state index in [-0.39, 0.29) is 18.4 Å². The van der Waals surface area contributed by atoms with Gasteiger partial charge in [0.25, 0.3) is 0 Å². The molecule has 5 nitrogen and oxygen atoms in total. The highest BCUT2D eigenvalue weighted by Crippen LogP contribution is 2.36. The summed E-state index contributed by atoms with van der Waals surface area (Å²) in [5.74, 6) is 0.923. The number of hydrogen-bond acceptors (Lipinski definition) is 4. The number of sulfonamides is 1. The first-order valence-electron chi connectivity index (χ1n) is 6.85. The van der Waals surface area contributed by atoms with Gasteiger partial charge in [-0.3, -0.25) is 0 Å². The van der Waals surface area contributed by atoms with E-state index in [1.807, 2.05) is 6.92 Å². The number of nitrogens with two attached hydrogens (primary N) is 1. The van der Waals surface area contributed by atoms with Gasteiger partial charge in [-0.05, 0) is 31.6 Å². The molecule has 3 atom stereocenters.